The molecule has 11 nitrogen and oxygen atoms in total. The first-order valence-corrected chi connectivity index (χ1v) is 13.6. The lowest BCUT2D eigenvalue weighted by atomic mass is 9.94. The van der Waals surface area contributed by atoms with Gasteiger partial charge in [0.2, 0.25) is 5.88 Å². The van der Waals surface area contributed by atoms with E-state index in [0.29, 0.717) is 29.4 Å². The molecule has 204 valence electrons. The smallest absolute Gasteiger partial charge is 0.224 e. The number of nitrogens with zero attached hydrogens (tertiary/aromatic N) is 8. The molecule has 0 bridgehead atoms. The highest BCUT2D eigenvalue weighted by atomic mass is 16.5. The Balaban J connectivity index is 1.22. The third kappa shape index (κ3) is 4.22. The number of nitrogens with one attached hydrogen (secondary N) is 1. The van der Waals surface area contributed by atoms with Crippen LogP contribution >= 0.6 is 0 Å². The number of anilines is 3. The molecule has 5 heterocycles. The molecule has 0 amide bonds. The third-order valence-corrected chi connectivity index (χ3v) is 7.76. The molecule has 2 aromatic carbocycles. The van der Waals surface area contributed by atoms with Gasteiger partial charge in [0, 0.05) is 36.9 Å². The standard InChI is InChI=1S/C29H31N9O2/c1-17(2)39-24-8-6-20-27(28(24)37-13-22-21(37)9-10-36(22)4)29(32-14-30-20)35-19-5-7-23(18(3)11-19)40-26-12-25-31-15-34-38(25)16-33-26/h5-8,11-12,14-17,21-22H,9-10,13H2,1-4H3,(H,30,32,35)/t21?,22-/m1/s1. The maximum atomic E-state index is 6.33. The summed E-state index contributed by atoms with van der Waals surface area (Å²) in [7, 11) is 2.21. The molecule has 1 unspecified atom stereocenters. The minimum absolute atomic E-state index is 0.0516. The number of rotatable bonds is 7. The van der Waals surface area contributed by atoms with Gasteiger partial charge in [-0.25, -0.2) is 24.5 Å². The fourth-order valence-corrected chi connectivity index (χ4v) is 5.77. The fraction of sp³-hybridized carbons (Fsp3) is 0.345. The van der Waals surface area contributed by atoms with Gasteiger partial charge in [0.25, 0.3) is 0 Å². The van der Waals surface area contributed by atoms with Crippen LogP contribution in [0.2, 0.25) is 0 Å². The van der Waals surface area contributed by atoms with Crippen molar-refractivity contribution in [3.05, 3.63) is 60.9 Å². The zero-order valence-electron chi connectivity index (χ0n) is 22.9. The first-order chi connectivity index (χ1) is 19.4. The van der Waals surface area contributed by atoms with Crippen LogP contribution in [0.25, 0.3) is 16.6 Å². The molecule has 2 fully saturated rings. The Morgan fingerprint density at radius 3 is 2.67 bits per heavy atom. The molecule has 2 aliphatic rings. The monoisotopic (exact) mass is 537 g/mol. The Morgan fingerprint density at radius 1 is 0.975 bits per heavy atom. The van der Waals surface area contributed by atoms with E-state index in [9.17, 15) is 0 Å². The van der Waals surface area contributed by atoms with Crippen molar-refractivity contribution in [1.82, 2.24) is 34.4 Å². The van der Waals surface area contributed by atoms with E-state index in [-0.39, 0.29) is 6.10 Å². The van der Waals surface area contributed by atoms with Crippen molar-refractivity contribution >= 4 is 33.7 Å². The van der Waals surface area contributed by atoms with Crippen molar-refractivity contribution in [3.63, 3.8) is 0 Å². The number of hydrogen-bond donors (Lipinski definition) is 1. The van der Waals surface area contributed by atoms with E-state index in [1.165, 1.54) is 6.33 Å². The molecule has 7 rings (SSSR count). The third-order valence-electron chi connectivity index (χ3n) is 7.76. The van der Waals surface area contributed by atoms with Gasteiger partial charge in [-0.15, -0.1) is 0 Å². The van der Waals surface area contributed by atoms with Crippen LogP contribution in [0, 0.1) is 6.92 Å². The van der Waals surface area contributed by atoms with Crippen LogP contribution in [0.1, 0.15) is 25.8 Å². The quantitative estimate of drug-likeness (QED) is 0.317. The molecule has 0 radical (unpaired) electrons. The van der Waals surface area contributed by atoms with Crippen LogP contribution in [-0.2, 0) is 0 Å². The zero-order valence-corrected chi connectivity index (χ0v) is 22.9. The molecule has 40 heavy (non-hydrogen) atoms. The SMILES string of the molecule is Cc1cc(Nc2ncnc3ccc(OC(C)C)c(N4C[C@@H]5C4CCN5C)c23)ccc1Oc1cc2ncnn2cn1. The highest BCUT2D eigenvalue weighted by Gasteiger charge is 2.47. The van der Waals surface area contributed by atoms with Gasteiger partial charge in [-0.2, -0.15) is 5.10 Å². The van der Waals surface area contributed by atoms with Crippen molar-refractivity contribution in [3.8, 4) is 17.4 Å². The highest BCUT2D eigenvalue weighted by Crippen LogP contribution is 2.46. The van der Waals surface area contributed by atoms with Crippen molar-refractivity contribution < 1.29 is 9.47 Å². The number of fused-ring (bicyclic) bond motifs is 3. The summed E-state index contributed by atoms with van der Waals surface area (Å²) in [6.45, 7) is 8.19. The Labute approximate surface area is 231 Å². The van der Waals surface area contributed by atoms with Gasteiger partial charge >= 0.3 is 0 Å². The summed E-state index contributed by atoms with van der Waals surface area (Å²) in [5.74, 6) is 2.78. The average Bonchev–Trinajstić information content (AvgIpc) is 3.49. The van der Waals surface area contributed by atoms with Crippen LogP contribution < -0.4 is 19.7 Å². The van der Waals surface area contributed by atoms with Crippen LogP contribution in [0.4, 0.5) is 17.2 Å². The molecule has 2 atom stereocenters. The van der Waals surface area contributed by atoms with E-state index in [0.717, 1.165) is 58.9 Å². The molecule has 0 saturated carbocycles. The number of hydrogen-bond acceptors (Lipinski definition) is 10. The molecular weight excluding hydrogens is 506 g/mol. The van der Waals surface area contributed by atoms with Crippen LogP contribution in [0.5, 0.6) is 17.4 Å². The Bertz CT molecular complexity index is 1720. The normalized spacial score (nSPS) is 18.8. The largest absolute Gasteiger partial charge is 0.489 e. The topological polar surface area (TPSA) is 106 Å². The second kappa shape index (κ2) is 9.60. The maximum Gasteiger partial charge on any atom is 0.224 e. The summed E-state index contributed by atoms with van der Waals surface area (Å²) in [5, 5.41) is 8.60. The van der Waals surface area contributed by atoms with E-state index in [2.05, 4.69) is 56.1 Å². The van der Waals surface area contributed by atoms with E-state index >= 15 is 0 Å². The first-order valence-electron chi connectivity index (χ1n) is 13.6. The van der Waals surface area contributed by atoms with Gasteiger partial charge in [0.1, 0.15) is 36.3 Å². The van der Waals surface area contributed by atoms with E-state index in [1.54, 1.807) is 23.2 Å². The van der Waals surface area contributed by atoms with Crippen molar-refractivity contribution in [2.75, 3.05) is 30.4 Å². The summed E-state index contributed by atoms with van der Waals surface area (Å²) in [5.41, 5.74) is 4.47. The first kappa shape index (κ1) is 24.5. The predicted octanol–water partition coefficient (Wildman–Crippen LogP) is 4.59. The summed E-state index contributed by atoms with van der Waals surface area (Å²) < 4.78 is 14.0. The lowest BCUT2D eigenvalue weighted by Gasteiger charge is -2.48. The van der Waals surface area contributed by atoms with E-state index in [4.69, 9.17) is 14.5 Å². The lowest BCUT2D eigenvalue weighted by Crippen LogP contribution is -2.61. The Morgan fingerprint density at radius 2 is 1.85 bits per heavy atom. The summed E-state index contributed by atoms with van der Waals surface area (Å²) in [6.07, 6.45) is 5.86. The second-order valence-electron chi connectivity index (χ2n) is 10.7. The summed E-state index contributed by atoms with van der Waals surface area (Å²) in [6, 6.07) is 12.8. The minimum atomic E-state index is 0.0516. The predicted molar refractivity (Wildman–Crippen MR) is 153 cm³/mol. The van der Waals surface area contributed by atoms with Crippen molar-refractivity contribution in [2.45, 2.75) is 45.4 Å². The molecule has 2 aliphatic heterocycles. The Kier molecular flexibility index (Phi) is 5.88. The fourth-order valence-electron chi connectivity index (χ4n) is 5.77. The highest BCUT2D eigenvalue weighted by molar-refractivity contribution is 6.04. The number of ether oxygens (including phenoxy) is 2. The average molecular weight is 538 g/mol. The maximum absolute atomic E-state index is 6.33. The van der Waals surface area contributed by atoms with Crippen LogP contribution in [0.3, 0.4) is 0 Å². The van der Waals surface area contributed by atoms with E-state index in [1.807, 2.05) is 37.3 Å². The number of aryl methyl sites for hydroxylation is 1. The zero-order chi connectivity index (χ0) is 27.4. The van der Waals surface area contributed by atoms with Crippen LogP contribution in [0.15, 0.2) is 55.4 Å². The lowest BCUT2D eigenvalue weighted by molar-refractivity contribution is 0.228. The second-order valence-corrected chi connectivity index (χ2v) is 10.7. The van der Waals surface area contributed by atoms with Gasteiger partial charge in [-0.3, -0.25) is 4.90 Å². The number of likely N-dealkylation sites (N-methyl/N-ethyl adjacent to an activating group) is 1. The molecule has 0 spiro atoms. The molecule has 5 aromatic rings. The number of aromatic nitrogens is 6. The van der Waals surface area contributed by atoms with E-state index < -0.39 is 0 Å². The van der Waals surface area contributed by atoms with Gasteiger partial charge < -0.3 is 19.7 Å². The van der Waals surface area contributed by atoms with Crippen molar-refractivity contribution in [1.29, 1.82) is 0 Å². The molecule has 11 heteroatoms. The van der Waals surface area contributed by atoms with Gasteiger partial charge in [-0.05, 0) is 70.1 Å². The summed E-state index contributed by atoms with van der Waals surface area (Å²) in [4.78, 5) is 22.8. The summed E-state index contributed by atoms with van der Waals surface area (Å²) >= 11 is 0. The number of likely N-dealkylation sites (tertiary alicyclic amines) is 1. The molecule has 3 aromatic heterocycles. The van der Waals surface area contributed by atoms with Gasteiger partial charge in [0.05, 0.1) is 22.7 Å². The molecule has 2 saturated heterocycles. The van der Waals surface area contributed by atoms with Gasteiger partial charge in [0.15, 0.2) is 5.65 Å². The van der Waals surface area contributed by atoms with Crippen LogP contribution in [-0.4, -0.2) is 72.8 Å². The Hall–Kier alpha value is -4.51. The molecular formula is C29H31N9O2. The van der Waals surface area contributed by atoms with Crippen molar-refractivity contribution in [2.24, 2.45) is 0 Å². The molecule has 0 aliphatic carbocycles. The van der Waals surface area contributed by atoms with Gasteiger partial charge in [-0.1, -0.05) is 0 Å². The molecule has 1 N–H and O–H groups in total. The number of benzene rings is 2. The minimum Gasteiger partial charge on any atom is -0.489 e.